The summed E-state index contributed by atoms with van der Waals surface area (Å²) in [5, 5.41) is 5.85. The number of aromatic nitrogens is 4. The number of imidazole rings is 1. The lowest BCUT2D eigenvalue weighted by atomic mass is 10.3. The second-order valence-electron chi connectivity index (χ2n) is 4.31. The number of H-pyrrole nitrogens is 1. The second-order valence-corrected chi connectivity index (χ2v) is 4.31. The standard InChI is InChI=1S/C13H12F2N6/c1-2-16-13-20-11-10(17-6-18-11)12(21-13)19-9-4-7(14)3-8(15)5-9/h3-6H,2H2,1H3,(H3,16,17,18,19,20,21). The Bertz CT molecular complexity index is 765. The van der Waals surface area contributed by atoms with Crippen LogP contribution in [0.2, 0.25) is 0 Å². The molecule has 0 atom stereocenters. The summed E-state index contributed by atoms with van der Waals surface area (Å²) >= 11 is 0. The number of benzene rings is 1. The second kappa shape index (κ2) is 5.31. The molecule has 0 bridgehead atoms. The molecule has 0 spiro atoms. The lowest BCUT2D eigenvalue weighted by molar-refractivity contribution is 0.584. The fraction of sp³-hybridized carbons (Fsp3) is 0.154. The third-order valence-electron chi connectivity index (χ3n) is 2.75. The maximum Gasteiger partial charge on any atom is 0.226 e. The van der Waals surface area contributed by atoms with Crippen LogP contribution in [0.1, 0.15) is 6.92 Å². The molecule has 1 aromatic carbocycles. The van der Waals surface area contributed by atoms with Crippen LogP contribution < -0.4 is 10.6 Å². The summed E-state index contributed by atoms with van der Waals surface area (Å²) in [7, 11) is 0. The van der Waals surface area contributed by atoms with Crippen LogP contribution in [0, 0.1) is 11.6 Å². The smallest absolute Gasteiger partial charge is 0.226 e. The van der Waals surface area contributed by atoms with E-state index in [0.717, 1.165) is 6.07 Å². The maximum atomic E-state index is 13.2. The highest BCUT2D eigenvalue weighted by Crippen LogP contribution is 2.23. The Morgan fingerprint density at radius 3 is 2.62 bits per heavy atom. The average molecular weight is 290 g/mol. The van der Waals surface area contributed by atoms with Gasteiger partial charge in [0, 0.05) is 18.3 Å². The van der Waals surface area contributed by atoms with E-state index in [1.54, 1.807) is 0 Å². The van der Waals surface area contributed by atoms with Crippen molar-refractivity contribution in [2.24, 2.45) is 0 Å². The minimum Gasteiger partial charge on any atom is -0.354 e. The van der Waals surface area contributed by atoms with E-state index < -0.39 is 11.6 Å². The zero-order valence-electron chi connectivity index (χ0n) is 11.1. The summed E-state index contributed by atoms with van der Waals surface area (Å²) < 4.78 is 26.5. The summed E-state index contributed by atoms with van der Waals surface area (Å²) in [5.74, 6) is -0.562. The van der Waals surface area contributed by atoms with Gasteiger partial charge < -0.3 is 15.6 Å². The molecule has 0 saturated heterocycles. The van der Waals surface area contributed by atoms with Crippen molar-refractivity contribution in [3.8, 4) is 0 Å². The van der Waals surface area contributed by atoms with Crippen molar-refractivity contribution in [1.29, 1.82) is 0 Å². The molecule has 0 aliphatic heterocycles. The average Bonchev–Trinajstić information content (AvgIpc) is 2.86. The summed E-state index contributed by atoms with van der Waals surface area (Å²) in [6, 6.07) is 3.17. The SMILES string of the molecule is CCNc1nc(Nc2cc(F)cc(F)c2)c2[nH]cnc2n1. The number of anilines is 3. The fourth-order valence-corrected chi connectivity index (χ4v) is 1.92. The topological polar surface area (TPSA) is 78.5 Å². The molecule has 0 fully saturated rings. The third kappa shape index (κ3) is 2.73. The molecule has 6 nitrogen and oxygen atoms in total. The van der Waals surface area contributed by atoms with Crippen LogP contribution in [0.15, 0.2) is 24.5 Å². The van der Waals surface area contributed by atoms with Gasteiger partial charge in [-0.3, -0.25) is 0 Å². The van der Waals surface area contributed by atoms with Crippen LogP contribution in [0.5, 0.6) is 0 Å². The van der Waals surface area contributed by atoms with Gasteiger partial charge in [0.05, 0.1) is 6.33 Å². The summed E-state index contributed by atoms with van der Waals surface area (Å²) in [6.07, 6.45) is 1.48. The monoisotopic (exact) mass is 290 g/mol. The summed E-state index contributed by atoms with van der Waals surface area (Å²) in [4.78, 5) is 15.4. The molecule has 0 saturated carbocycles. The summed E-state index contributed by atoms with van der Waals surface area (Å²) in [5.41, 5.74) is 1.27. The van der Waals surface area contributed by atoms with Gasteiger partial charge in [-0.15, -0.1) is 0 Å². The van der Waals surface area contributed by atoms with Crippen molar-refractivity contribution in [3.63, 3.8) is 0 Å². The third-order valence-corrected chi connectivity index (χ3v) is 2.75. The van der Waals surface area contributed by atoms with Crippen LogP contribution in [0.3, 0.4) is 0 Å². The van der Waals surface area contributed by atoms with Gasteiger partial charge in [-0.05, 0) is 19.1 Å². The normalized spacial score (nSPS) is 10.8. The highest BCUT2D eigenvalue weighted by Gasteiger charge is 2.11. The number of nitrogens with zero attached hydrogens (tertiary/aromatic N) is 3. The van der Waals surface area contributed by atoms with E-state index in [0.29, 0.717) is 29.5 Å². The molecule has 2 heterocycles. The molecule has 0 unspecified atom stereocenters. The minimum atomic E-state index is -0.667. The van der Waals surface area contributed by atoms with Crippen LogP contribution >= 0.6 is 0 Å². The van der Waals surface area contributed by atoms with Crippen LogP contribution in [0.4, 0.5) is 26.2 Å². The first-order chi connectivity index (χ1) is 10.2. The number of hydrogen-bond acceptors (Lipinski definition) is 5. The van der Waals surface area contributed by atoms with E-state index in [-0.39, 0.29) is 5.69 Å². The van der Waals surface area contributed by atoms with Crippen molar-refractivity contribution < 1.29 is 8.78 Å². The molecular formula is C13H12F2N6. The fourth-order valence-electron chi connectivity index (χ4n) is 1.92. The van der Waals surface area contributed by atoms with E-state index in [2.05, 4.69) is 30.6 Å². The number of rotatable bonds is 4. The molecule has 0 aliphatic carbocycles. The number of aromatic amines is 1. The van der Waals surface area contributed by atoms with Crippen LogP contribution in [-0.2, 0) is 0 Å². The predicted molar refractivity (Wildman–Crippen MR) is 75.5 cm³/mol. The highest BCUT2D eigenvalue weighted by molar-refractivity contribution is 5.86. The van der Waals surface area contributed by atoms with Gasteiger partial charge in [-0.1, -0.05) is 0 Å². The van der Waals surface area contributed by atoms with Gasteiger partial charge in [-0.25, -0.2) is 13.8 Å². The predicted octanol–water partition coefficient (Wildman–Crippen LogP) is 2.81. The summed E-state index contributed by atoms with van der Waals surface area (Å²) in [6.45, 7) is 2.55. The zero-order chi connectivity index (χ0) is 14.8. The maximum absolute atomic E-state index is 13.2. The Balaban J connectivity index is 2.04. The number of halogens is 2. The number of hydrogen-bond donors (Lipinski definition) is 3. The quantitative estimate of drug-likeness (QED) is 0.688. The van der Waals surface area contributed by atoms with Crippen LogP contribution in [0.25, 0.3) is 11.2 Å². The van der Waals surface area contributed by atoms with Crippen LogP contribution in [-0.4, -0.2) is 26.5 Å². The number of nitrogens with one attached hydrogen (secondary N) is 3. The van der Waals surface area contributed by atoms with Gasteiger partial charge in [0.15, 0.2) is 11.5 Å². The van der Waals surface area contributed by atoms with Crippen molar-refractivity contribution >= 4 is 28.6 Å². The zero-order valence-corrected chi connectivity index (χ0v) is 11.1. The van der Waals surface area contributed by atoms with Gasteiger partial charge in [0.1, 0.15) is 17.2 Å². The molecule has 0 radical (unpaired) electrons. The van der Waals surface area contributed by atoms with E-state index in [9.17, 15) is 8.78 Å². The minimum absolute atomic E-state index is 0.254. The molecule has 0 amide bonds. The van der Waals surface area contributed by atoms with Gasteiger partial charge in [0.25, 0.3) is 0 Å². The first-order valence-electron chi connectivity index (χ1n) is 6.34. The molecule has 108 valence electrons. The highest BCUT2D eigenvalue weighted by atomic mass is 19.1. The van der Waals surface area contributed by atoms with Crippen molar-refractivity contribution in [2.45, 2.75) is 6.92 Å². The first kappa shape index (κ1) is 13.2. The molecule has 3 aromatic rings. The molecule has 3 rings (SSSR count). The van der Waals surface area contributed by atoms with Gasteiger partial charge in [0.2, 0.25) is 5.95 Å². The first-order valence-corrected chi connectivity index (χ1v) is 6.34. The lowest BCUT2D eigenvalue weighted by Gasteiger charge is -2.09. The number of fused-ring (bicyclic) bond motifs is 1. The lowest BCUT2D eigenvalue weighted by Crippen LogP contribution is -2.05. The molecular weight excluding hydrogens is 278 g/mol. The molecule has 0 aliphatic rings. The Kier molecular flexibility index (Phi) is 3.35. The Morgan fingerprint density at radius 1 is 1.14 bits per heavy atom. The molecule has 21 heavy (non-hydrogen) atoms. The van der Waals surface area contributed by atoms with Crippen molar-refractivity contribution in [2.75, 3.05) is 17.2 Å². The largest absolute Gasteiger partial charge is 0.354 e. The van der Waals surface area contributed by atoms with Gasteiger partial charge >= 0.3 is 0 Å². The van der Waals surface area contributed by atoms with Gasteiger partial charge in [-0.2, -0.15) is 9.97 Å². The van der Waals surface area contributed by atoms with E-state index in [4.69, 9.17) is 0 Å². The molecule has 8 heteroatoms. The molecule has 2 aromatic heterocycles. The van der Waals surface area contributed by atoms with Crippen molar-refractivity contribution in [1.82, 2.24) is 19.9 Å². The van der Waals surface area contributed by atoms with E-state index in [1.165, 1.54) is 18.5 Å². The van der Waals surface area contributed by atoms with E-state index in [1.807, 2.05) is 6.92 Å². The Morgan fingerprint density at radius 2 is 1.90 bits per heavy atom. The van der Waals surface area contributed by atoms with Crippen molar-refractivity contribution in [3.05, 3.63) is 36.2 Å². The van der Waals surface area contributed by atoms with E-state index >= 15 is 0 Å². The molecule has 3 N–H and O–H groups in total. The Hall–Kier alpha value is -2.77. The Labute approximate surface area is 118 Å².